The molecule has 0 saturated heterocycles. The van der Waals surface area contributed by atoms with Crippen LogP contribution in [0.4, 0.5) is 8.78 Å². The highest BCUT2D eigenvalue weighted by Gasteiger charge is 2.16. The van der Waals surface area contributed by atoms with Crippen molar-refractivity contribution < 1.29 is 8.78 Å². The Morgan fingerprint density at radius 3 is 2.65 bits per heavy atom. The largest absolute Gasteiger partial charge is 0.311 e. The number of rotatable bonds is 1. The predicted molar refractivity (Wildman–Crippen MR) is 62.9 cm³/mol. The summed E-state index contributed by atoms with van der Waals surface area (Å²) in [5, 5.41) is 3.94. The molecule has 3 rings (SSSR count). The first-order valence-electron chi connectivity index (χ1n) is 5.38. The van der Waals surface area contributed by atoms with E-state index in [1.807, 2.05) is 0 Å². The standard InChI is InChI=1S/C12H10F2N2S/c13-8-3-7(4-9(14)5-8)12-16-10-1-2-15-6-11(10)17-12/h3-5,15H,1-2,6H2. The van der Waals surface area contributed by atoms with Crippen LogP contribution in [0, 0.1) is 11.6 Å². The lowest BCUT2D eigenvalue weighted by Gasteiger charge is -2.09. The van der Waals surface area contributed by atoms with E-state index in [-0.39, 0.29) is 0 Å². The van der Waals surface area contributed by atoms with E-state index in [9.17, 15) is 8.78 Å². The van der Waals surface area contributed by atoms with Crippen LogP contribution in [0.1, 0.15) is 10.6 Å². The summed E-state index contributed by atoms with van der Waals surface area (Å²) in [5.41, 5.74) is 1.57. The Balaban J connectivity index is 2.05. The lowest BCUT2D eigenvalue weighted by molar-refractivity contribution is 0.584. The van der Waals surface area contributed by atoms with Crippen molar-refractivity contribution in [2.75, 3.05) is 6.54 Å². The van der Waals surface area contributed by atoms with Gasteiger partial charge >= 0.3 is 0 Å². The second kappa shape index (κ2) is 4.16. The molecule has 0 atom stereocenters. The number of halogens is 2. The molecule has 0 fully saturated rings. The number of hydrogen-bond acceptors (Lipinski definition) is 3. The van der Waals surface area contributed by atoms with Gasteiger partial charge < -0.3 is 5.32 Å². The molecule has 0 saturated carbocycles. The molecule has 17 heavy (non-hydrogen) atoms. The van der Waals surface area contributed by atoms with Crippen LogP contribution in [0.15, 0.2) is 18.2 Å². The normalized spacial score (nSPS) is 14.7. The molecule has 2 heterocycles. The molecule has 5 heteroatoms. The van der Waals surface area contributed by atoms with E-state index in [0.29, 0.717) is 10.6 Å². The molecule has 1 aliphatic heterocycles. The second-order valence-corrected chi connectivity index (χ2v) is 5.06. The van der Waals surface area contributed by atoms with Crippen molar-refractivity contribution in [1.82, 2.24) is 10.3 Å². The molecule has 1 N–H and O–H groups in total. The first-order valence-corrected chi connectivity index (χ1v) is 6.20. The van der Waals surface area contributed by atoms with Gasteiger partial charge in [-0.15, -0.1) is 11.3 Å². The Hall–Kier alpha value is -1.33. The second-order valence-electron chi connectivity index (χ2n) is 3.97. The van der Waals surface area contributed by atoms with Gasteiger partial charge in [-0.25, -0.2) is 13.8 Å². The third-order valence-electron chi connectivity index (χ3n) is 2.71. The smallest absolute Gasteiger partial charge is 0.126 e. The highest BCUT2D eigenvalue weighted by Crippen LogP contribution is 2.30. The molecule has 2 nitrogen and oxygen atoms in total. The zero-order valence-electron chi connectivity index (χ0n) is 8.96. The summed E-state index contributed by atoms with van der Waals surface area (Å²) in [6.45, 7) is 1.71. The van der Waals surface area contributed by atoms with Crippen LogP contribution in [-0.2, 0) is 13.0 Å². The summed E-state index contributed by atoms with van der Waals surface area (Å²) >= 11 is 1.50. The first kappa shape index (κ1) is 10.8. The number of hydrogen-bond donors (Lipinski definition) is 1. The summed E-state index contributed by atoms with van der Waals surface area (Å²) < 4.78 is 26.2. The highest BCUT2D eigenvalue weighted by molar-refractivity contribution is 7.15. The van der Waals surface area contributed by atoms with Crippen molar-refractivity contribution in [2.24, 2.45) is 0 Å². The minimum atomic E-state index is -0.564. The Morgan fingerprint density at radius 1 is 1.18 bits per heavy atom. The van der Waals surface area contributed by atoms with Crippen LogP contribution in [-0.4, -0.2) is 11.5 Å². The fourth-order valence-corrected chi connectivity index (χ4v) is 2.99. The van der Waals surface area contributed by atoms with Crippen LogP contribution >= 0.6 is 11.3 Å². The topological polar surface area (TPSA) is 24.9 Å². The maximum atomic E-state index is 13.1. The summed E-state index contributed by atoms with van der Waals surface area (Å²) in [4.78, 5) is 5.61. The van der Waals surface area contributed by atoms with Crippen LogP contribution in [0.3, 0.4) is 0 Å². The third kappa shape index (κ3) is 2.08. The molecule has 88 valence electrons. The molecule has 0 amide bonds. The van der Waals surface area contributed by atoms with Crippen molar-refractivity contribution in [3.63, 3.8) is 0 Å². The average Bonchev–Trinajstić information content (AvgIpc) is 2.71. The Bertz CT molecular complexity index is 522. The lowest BCUT2D eigenvalue weighted by Crippen LogP contribution is -2.22. The van der Waals surface area contributed by atoms with E-state index in [4.69, 9.17) is 0 Å². The van der Waals surface area contributed by atoms with E-state index in [2.05, 4.69) is 10.3 Å². The lowest BCUT2D eigenvalue weighted by atomic mass is 10.2. The average molecular weight is 252 g/mol. The molecular weight excluding hydrogens is 242 g/mol. The number of nitrogens with one attached hydrogen (secondary N) is 1. The summed E-state index contributed by atoms with van der Waals surface area (Å²) in [6, 6.07) is 3.51. The maximum Gasteiger partial charge on any atom is 0.126 e. The van der Waals surface area contributed by atoms with E-state index in [1.54, 1.807) is 0 Å². The van der Waals surface area contributed by atoms with Crippen molar-refractivity contribution in [3.8, 4) is 10.6 Å². The van der Waals surface area contributed by atoms with Crippen LogP contribution < -0.4 is 5.32 Å². The first-order chi connectivity index (χ1) is 8.22. The fraction of sp³-hybridized carbons (Fsp3) is 0.250. The van der Waals surface area contributed by atoms with Gasteiger partial charge in [-0.3, -0.25) is 0 Å². The fourth-order valence-electron chi connectivity index (χ4n) is 1.93. The highest BCUT2D eigenvalue weighted by atomic mass is 32.1. The van der Waals surface area contributed by atoms with E-state index >= 15 is 0 Å². The van der Waals surface area contributed by atoms with E-state index in [0.717, 1.165) is 36.1 Å². The zero-order valence-corrected chi connectivity index (χ0v) is 9.78. The molecule has 0 unspecified atom stereocenters. The molecule has 2 aromatic rings. The van der Waals surface area contributed by atoms with Crippen LogP contribution in [0.5, 0.6) is 0 Å². The van der Waals surface area contributed by atoms with Crippen LogP contribution in [0.25, 0.3) is 10.6 Å². The van der Waals surface area contributed by atoms with Crippen molar-refractivity contribution in [2.45, 2.75) is 13.0 Å². The number of fused-ring (bicyclic) bond motifs is 1. The molecule has 0 bridgehead atoms. The third-order valence-corrected chi connectivity index (χ3v) is 3.86. The van der Waals surface area contributed by atoms with Crippen molar-refractivity contribution in [3.05, 3.63) is 40.4 Å². The van der Waals surface area contributed by atoms with Gasteiger partial charge in [0.1, 0.15) is 16.6 Å². The summed E-state index contributed by atoms with van der Waals surface area (Å²) in [7, 11) is 0. The van der Waals surface area contributed by atoms with Gasteiger partial charge in [0.2, 0.25) is 0 Å². The minimum Gasteiger partial charge on any atom is -0.311 e. The number of thiazole rings is 1. The monoisotopic (exact) mass is 252 g/mol. The SMILES string of the molecule is Fc1cc(F)cc(-c2nc3c(s2)CNCC3)c1. The molecule has 0 radical (unpaired) electrons. The quantitative estimate of drug-likeness (QED) is 0.844. The molecule has 1 aliphatic rings. The Kier molecular flexibility index (Phi) is 2.64. The Morgan fingerprint density at radius 2 is 1.94 bits per heavy atom. The molecule has 1 aromatic carbocycles. The number of aromatic nitrogens is 1. The molecule has 0 spiro atoms. The summed E-state index contributed by atoms with van der Waals surface area (Å²) in [5.74, 6) is -1.13. The predicted octanol–water partition coefficient (Wildman–Crippen LogP) is 2.73. The number of benzene rings is 1. The minimum absolute atomic E-state index is 0.516. The van der Waals surface area contributed by atoms with Crippen LogP contribution in [0.2, 0.25) is 0 Å². The van der Waals surface area contributed by atoms with Gasteiger partial charge in [0, 0.05) is 36.0 Å². The maximum absolute atomic E-state index is 13.1. The van der Waals surface area contributed by atoms with Gasteiger partial charge in [-0.1, -0.05) is 0 Å². The molecular formula is C12H10F2N2S. The van der Waals surface area contributed by atoms with Crippen molar-refractivity contribution >= 4 is 11.3 Å². The van der Waals surface area contributed by atoms with E-state index < -0.39 is 11.6 Å². The van der Waals surface area contributed by atoms with Gasteiger partial charge in [0.25, 0.3) is 0 Å². The van der Waals surface area contributed by atoms with Gasteiger partial charge in [-0.2, -0.15) is 0 Å². The summed E-state index contributed by atoms with van der Waals surface area (Å²) in [6.07, 6.45) is 0.879. The number of nitrogens with zero attached hydrogens (tertiary/aromatic N) is 1. The van der Waals surface area contributed by atoms with Crippen molar-refractivity contribution in [1.29, 1.82) is 0 Å². The van der Waals surface area contributed by atoms with E-state index in [1.165, 1.54) is 23.5 Å². The van der Waals surface area contributed by atoms with Gasteiger partial charge in [-0.05, 0) is 12.1 Å². The van der Waals surface area contributed by atoms with Gasteiger partial charge in [0.15, 0.2) is 0 Å². The molecule has 1 aromatic heterocycles. The van der Waals surface area contributed by atoms with Gasteiger partial charge in [0.05, 0.1) is 5.69 Å². The molecule has 0 aliphatic carbocycles. The zero-order chi connectivity index (χ0) is 11.8. The Labute approximate surface area is 101 Å².